The number of H-pyrrole nitrogens is 1. The van der Waals surface area contributed by atoms with Crippen molar-refractivity contribution < 1.29 is 9.53 Å². The third-order valence-electron chi connectivity index (χ3n) is 4.74. The van der Waals surface area contributed by atoms with Crippen LogP contribution in [0.1, 0.15) is 22.4 Å². The number of amides is 1. The van der Waals surface area contributed by atoms with E-state index in [0.29, 0.717) is 0 Å². The summed E-state index contributed by atoms with van der Waals surface area (Å²) in [7, 11) is 3.49. The standard InChI is InChI=1S/C22H20N2O2/c1-24-21-10-7-16(12-15-5-8-18(26-2)9-6-15)13-19(21)20(22(24)25)14-17-4-3-11-23-17/h3-11,13-14,23H,12H2,1-2H3/b20-14-. The number of ether oxygens (including phenoxy) is 1. The lowest BCUT2D eigenvalue weighted by Crippen LogP contribution is -2.20. The number of carbonyl (C=O) groups excluding carboxylic acids is 1. The van der Waals surface area contributed by atoms with Gasteiger partial charge < -0.3 is 14.6 Å². The van der Waals surface area contributed by atoms with Gasteiger partial charge in [-0.2, -0.15) is 0 Å². The molecule has 26 heavy (non-hydrogen) atoms. The molecule has 2 heterocycles. The van der Waals surface area contributed by atoms with Gasteiger partial charge in [0.1, 0.15) is 5.75 Å². The fourth-order valence-corrected chi connectivity index (χ4v) is 3.31. The smallest absolute Gasteiger partial charge is 0.258 e. The minimum Gasteiger partial charge on any atom is -0.497 e. The number of carbonyl (C=O) groups is 1. The van der Waals surface area contributed by atoms with Gasteiger partial charge in [-0.25, -0.2) is 0 Å². The highest BCUT2D eigenvalue weighted by molar-refractivity contribution is 6.35. The number of benzene rings is 2. The van der Waals surface area contributed by atoms with Crippen LogP contribution in [0.3, 0.4) is 0 Å². The largest absolute Gasteiger partial charge is 0.497 e. The molecule has 1 aliphatic heterocycles. The molecule has 1 N–H and O–H groups in total. The van der Waals surface area contributed by atoms with E-state index in [2.05, 4.69) is 29.2 Å². The maximum absolute atomic E-state index is 12.7. The van der Waals surface area contributed by atoms with Crippen LogP contribution in [0.2, 0.25) is 0 Å². The first-order chi connectivity index (χ1) is 12.7. The highest BCUT2D eigenvalue weighted by Gasteiger charge is 2.29. The van der Waals surface area contributed by atoms with Crippen molar-refractivity contribution in [1.29, 1.82) is 0 Å². The first kappa shape index (κ1) is 16.2. The molecule has 1 aromatic heterocycles. The third kappa shape index (κ3) is 2.90. The third-order valence-corrected chi connectivity index (χ3v) is 4.74. The Hall–Kier alpha value is -3.27. The van der Waals surface area contributed by atoms with Gasteiger partial charge in [0.25, 0.3) is 5.91 Å². The number of aromatic nitrogens is 1. The van der Waals surface area contributed by atoms with E-state index in [1.165, 1.54) is 11.1 Å². The zero-order chi connectivity index (χ0) is 18.1. The van der Waals surface area contributed by atoms with Gasteiger partial charge in [0.2, 0.25) is 0 Å². The molecule has 2 aromatic carbocycles. The van der Waals surface area contributed by atoms with Crippen LogP contribution in [0.5, 0.6) is 5.75 Å². The van der Waals surface area contributed by atoms with Gasteiger partial charge in [0.05, 0.1) is 18.4 Å². The van der Waals surface area contributed by atoms with Gasteiger partial charge >= 0.3 is 0 Å². The number of nitrogens with one attached hydrogen (secondary N) is 1. The van der Waals surface area contributed by atoms with Gasteiger partial charge in [0.15, 0.2) is 0 Å². The number of fused-ring (bicyclic) bond motifs is 1. The summed E-state index contributed by atoms with van der Waals surface area (Å²) in [5.74, 6) is 0.877. The second-order valence-electron chi connectivity index (χ2n) is 6.42. The van der Waals surface area contributed by atoms with Gasteiger partial charge in [-0.3, -0.25) is 4.79 Å². The number of hydrogen-bond donors (Lipinski definition) is 1. The Morgan fingerprint density at radius 2 is 1.85 bits per heavy atom. The summed E-state index contributed by atoms with van der Waals surface area (Å²) < 4.78 is 5.21. The molecule has 0 radical (unpaired) electrons. The van der Waals surface area contributed by atoms with Crippen LogP contribution in [0, 0.1) is 0 Å². The molecule has 4 heteroatoms. The summed E-state index contributed by atoms with van der Waals surface area (Å²) >= 11 is 0. The first-order valence-electron chi connectivity index (χ1n) is 8.55. The Morgan fingerprint density at radius 1 is 1.08 bits per heavy atom. The summed E-state index contributed by atoms with van der Waals surface area (Å²) in [4.78, 5) is 17.5. The predicted molar refractivity (Wildman–Crippen MR) is 104 cm³/mol. The quantitative estimate of drug-likeness (QED) is 0.723. The van der Waals surface area contributed by atoms with E-state index in [1.54, 1.807) is 12.0 Å². The molecule has 0 unspecified atom stereocenters. The molecule has 3 aromatic rings. The van der Waals surface area contributed by atoms with Crippen molar-refractivity contribution in [2.45, 2.75) is 6.42 Å². The molecule has 0 spiro atoms. The number of anilines is 1. The maximum atomic E-state index is 12.7. The Labute approximate surface area is 152 Å². The molecule has 1 aliphatic rings. The number of aromatic amines is 1. The average Bonchev–Trinajstić information content (AvgIpc) is 3.26. The lowest BCUT2D eigenvalue weighted by molar-refractivity contribution is -0.112. The summed E-state index contributed by atoms with van der Waals surface area (Å²) in [5, 5.41) is 0. The molecule has 0 fully saturated rings. The SMILES string of the molecule is COc1ccc(Cc2ccc3c(c2)/C(=C/c2ccc[nH]2)C(=O)N3C)cc1. The Bertz CT molecular complexity index is 970. The van der Waals surface area contributed by atoms with Gasteiger partial charge in [0, 0.05) is 24.5 Å². The normalized spacial score (nSPS) is 14.8. The summed E-state index contributed by atoms with van der Waals surface area (Å²) in [6.07, 6.45) is 4.59. The van der Waals surface area contributed by atoms with Crippen molar-refractivity contribution in [3.63, 3.8) is 0 Å². The van der Waals surface area contributed by atoms with Gasteiger partial charge in [-0.1, -0.05) is 18.2 Å². The number of nitrogens with zero attached hydrogens (tertiary/aromatic N) is 1. The molecule has 0 aliphatic carbocycles. The van der Waals surface area contributed by atoms with Crippen molar-refractivity contribution in [3.8, 4) is 5.75 Å². The molecule has 0 saturated carbocycles. The zero-order valence-corrected chi connectivity index (χ0v) is 14.8. The lowest BCUT2D eigenvalue weighted by Gasteiger charge is -2.10. The first-order valence-corrected chi connectivity index (χ1v) is 8.55. The van der Waals surface area contributed by atoms with Crippen molar-refractivity contribution >= 4 is 23.2 Å². The van der Waals surface area contributed by atoms with E-state index >= 15 is 0 Å². The van der Waals surface area contributed by atoms with Crippen LogP contribution < -0.4 is 9.64 Å². The molecular formula is C22H20N2O2. The topological polar surface area (TPSA) is 45.3 Å². The molecular weight excluding hydrogens is 324 g/mol. The fraction of sp³-hybridized carbons (Fsp3) is 0.136. The van der Waals surface area contributed by atoms with Crippen molar-refractivity contribution in [3.05, 3.63) is 83.2 Å². The number of likely N-dealkylation sites (N-methyl/N-ethyl adjacent to an activating group) is 1. The monoisotopic (exact) mass is 344 g/mol. The highest BCUT2D eigenvalue weighted by Crippen LogP contribution is 2.37. The summed E-state index contributed by atoms with van der Waals surface area (Å²) in [5.41, 5.74) is 5.97. The van der Waals surface area contributed by atoms with Crippen LogP contribution in [-0.4, -0.2) is 25.0 Å². The van der Waals surface area contributed by atoms with Crippen LogP contribution in [-0.2, 0) is 11.2 Å². The fourth-order valence-electron chi connectivity index (χ4n) is 3.31. The molecule has 4 rings (SSSR count). The molecule has 0 atom stereocenters. The molecule has 0 saturated heterocycles. The predicted octanol–water partition coefficient (Wildman–Crippen LogP) is 4.13. The summed E-state index contributed by atoms with van der Waals surface area (Å²) in [6.45, 7) is 0. The number of methoxy groups -OCH3 is 1. The van der Waals surface area contributed by atoms with E-state index in [0.717, 1.165) is 34.7 Å². The second kappa shape index (κ2) is 6.56. The molecule has 130 valence electrons. The average molecular weight is 344 g/mol. The Morgan fingerprint density at radius 3 is 2.54 bits per heavy atom. The van der Waals surface area contributed by atoms with E-state index < -0.39 is 0 Å². The van der Waals surface area contributed by atoms with Crippen LogP contribution in [0.15, 0.2) is 60.8 Å². The highest BCUT2D eigenvalue weighted by atomic mass is 16.5. The Kier molecular flexibility index (Phi) is 4.09. The molecule has 0 bridgehead atoms. The van der Waals surface area contributed by atoms with E-state index in [-0.39, 0.29) is 5.91 Å². The number of hydrogen-bond acceptors (Lipinski definition) is 2. The maximum Gasteiger partial charge on any atom is 0.258 e. The Balaban J connectivity index is 1.68. The molecule has 4 nitrogen and oxygen atoms in total. The second-order valence-corrected chi connectivity index (χ2v) is 6.42. The van der Waals surface area contributed by atoms with Gasteiger partial charge in [-0.15, -0.1) is 0 Å². The minimum atomic E-state index is 0.0243. The van der Waals surface area contributed by atoms with Crippen LogP contribution >= 0.6 is 0 Å². The van der Waals surface area contributed by atoms with Crippen molar-refractivity contribution in [2.75, 3.05) is 19.1 Å². The van der Waals surface area contributed by atoms with E-state index in [4.69, 9.17) is 4.74 Å². The zero-order valence-electron chi connectivity index (χ0n) is 14.8. The van der Waals surface area contributed by atoms with Crippen molar-refractivity contribution in [2.24, 2.45) is 0 Å². The van der Waals surface area contributed by atoms with E-state index in [1.807, 2.05) is 49.7 Å². The van der Waals surface area contributed by atoms with Crippen molar-refractivity contribution in [1.82, 2.24) is 4.98 Å². The molecule has 1 amide bonds. The minimum absolute atomic E-state index is 0.0243. The van der Waals surface area contributed by atoms with Crippen LogP contribution in [0.25, 0.3) is 11.6 Å². The van der Waals surface area contributed by atoms with Crippen LogP contribution in [0.4, 0.5) is 5.69 Å². The van der Waals surface area contributed by atoms with E-state index in [9.17, 15) is 4.79 Å². The lowest BCUT2D eigenvalue weighted by atomic mass is 9.99. The summed E-state index contributed by atoms with van der Waals surface area (Å²) in [6, 6.07) is 18.2. The van der Waals surface area contributed by atoms with Gasteiger partial charge in [-0.05, 0) is 60.0 Å². The number of rotatable bonds is 4.